The van der Waals surface area contributed by atoms with Crippen LogP contribution < -0.4 is 0 Å². The van der Waals surface area contributed by atoms with Crippen molar-refractivity contribution in [1.29, 1.82) is 0 Å². The van der Waals surface area contributed by atoms with E-state index >= 15 is 0 Å². The van der Waals surface area contributed by atoms with E-state index in [0.717, 1.165) is 11.1 Å². The van der Waals surface area contributed by atoms with Crippen LogP contribution in [0.15, 0.2) is 48.5 Å². The number of halogens is 1. The fraction of sp³-hybridized carbons (Fsp3) is 0.133. The highest BCUT2D eigenvalue weighted by molar-refractivity contribution is 6.34. The van der Waals surface area contributed by atoms with Gasteiger partial charge in [-0.15, -0.1) is 0 Å². The van der Waals surface area contributed by atoms with Crippen molar-refractivity contribution in [2.75, 3.05) is 0 Å². The van der Waals surface area contributed by atoms with Gasteiger partial charge in [0.1, 0.15) is 0 Å². The number of carbonyl (C=O) groups is 1. The molecule has 0 radical (unpaired) electrons. The number of hydrogen-bond donors (Lipinski definition) is 0. The van der Waals surface area contributed by atoms with E-state index in [9.17, 15) is 4.79 Å². The van der Waals surface area contributed by atoms with E-state index < -0.39 is 0 Å². The van der Waals surface area contributed by atoms with Crippen LogP contribution in [0.4, 0.5) is 0 Å². The molecule has 0 bridgehead atoms. The molecule has 0 N–H and O–H groups in total. The largest absolute Gasteiger partial charge is 0.294 e. The monoisotopic (exact) mass is 244 g/mol. The molecule has 0 aliphatic carbocycles. The van der Waals surface area contributed by atoms with Crippen LogP contribution in [0.2, 0.25) is 5.02 Å². The maximum Gasteiger partial charge on any atom is 0.168 e. The topological polar surface area (TPSA) is 17.1 Å². The second kappa shape index (κ2) is 5.15. The molecule has 2 heteroatoms. The summed E-state index contributed by atoms with van der Waals surface area (Å²) in [5.74, 6) is 0.0601. The third-order valence-electron chi connectivity index (χ3n) is 2.63. The highest BCUT2D eigenvalue weighted by Gasteiger charge is 2.10. The van der Waals surface area contributed by atoms with E-state index in [0.29, 0.717) is 17.0 Å². The maximum absolute atomic E-state index is 12.1. The molecule has 2 rings (SSSR count). The number of benzene rings is 2. The summed E-state index contributed by atoms with van der Waals surface area (Å²) in [5.41, 5.74) is 2.66. The molecule has 0 amide bonds. The summed E-state index contributed by atoms with van der Waals surface area (Å²) in [5, 5.41) is 0.525. The molecule has 1 nitrogen and oxygen atoms in total. The highest BCUT2D eigenvalue weighted by Crippen LogP contribution is 2.19. The molecular formula is C15H13ClO. The molecule has 0 aromatic heterocycles. The average molecular weight is 245 g/mol. The summed E-state index contributed by atoms with van der Waals surface area (Å²) in [4.78, 5) is 12.1. The molecule has 2 aromatic rings. The molecule has 0 atom stereocenters. The molecule has 17 heavy (non-hydrogen) atoms. The van der Waals surface area contributed by atoms with E-state index in [1.807, 2.05) is 49.4 Å². The third kappa shape index (κ3) is 2.95. The van der Waals surface area contributed by atoms with Crippen molar-refractivity contribution in [3.05, 3.63) is 70.2 Å². The predicted octanol–water partition coefficient (Wildman–Crippen LogP) is 4.07. The summed E-state index contributed by atoms with van der Waals surface area (Å²) in [6.45, 7) is 1.95. The summed E-state index contributed by atoms with van der Waals surface area (Å²) >= 11 is 6.04. The molecule has 0 saturated heterocycles. The molecule has 2 aromatic carbocycles. The van der Waals surface area contributed by atoms with Crippen LogP contribution in [0.5, 0.6) is 0 Å². The minimum absolute atomic E-state index is 0.0601. The van der Waals surface area contributed by atoms with Crippen LogP contribution in [0.3, 0.4) is 0 Å². The standard InChI is InChI=1S/C15H13ClO/c1-11-7-8-14(16)13(9-11)15(17)10-12-5-3-2-4-6-12/h2-9H,10H2,1H3. The number of aryl methyl sites for hydroxylation is 1. The van der Waals surface area contributed by atoms with Gasteiger partial charge in [-0.3, -0.25) is 4.79 Å². The van der Waals surface area contributed by atoms with E-state index in [1.165, 1.54) is 0 Å². The minimum Gasteiger partial charge on any atom is -0.294 e. The Kier molecular flexibility index (Phi) is 3.60. The van der Waals surface area contributed by atoms with Gasteiger partial charge in [-0.1, -0.05) is 53.6 Å². The van der Waals surface area contributed by atoms with Gasteiger partial charge < -0.3 is 0 Å². The maximum atomic E-state index is 12.1. The molecular weight excluding hydrogens is 232 g/mol. The molecule has 0 aliphatic rings. The SMILES string of the molecule is Cc1ccc(Cl)c(C(=O)Cc2ccccc2)c1. The lowest BCUT2D eigenvalue weighted by molar-refractivity contribution is 0.0993. The van der Waals surface area contributed by atoms with Crippen LogP contribution in [0.25, 0.3) is 0 Å². The molecule has 0 spiro atoms. The second-order valence-electron chi connectivity index (χ2n) is 4.07. The number of carbonyl (C=O) groups excluding carboxylic acids is 1. The number of hydrogen-bond acceptors (Lipinski definition) is 1. The number of rotatable bonds is 3. The molecule has 0 heterocycles. The Bertz CT molecular complexity index is 532. The van der Waals surface area contributed by atoms with Crippen molar-refractivity contribution in [2.24, 2.45) is 0 Å². The normalized spacial score (nSPS) is 10.2. The van der Waals surface area contributed by atoms with Crippen LogP contribution in [-0.4, -0.2) is 5.78 Å². The van der Waals surface area contributed by atoms with Gasteiger partial charge in [0.15, 0.2) is 5.78 Å². The summed E-state index contributed by atoms with van der Waals surface area (Å²) in [6, 6.07) is 15.2. The van der Waals surface area contributed by atoms with Crippen LogP contribution in [0.1, 0.15) is 21.5 Å². The lowest BCUT2D eigenvalue weighted by Gasteiger charge is -2.05. The van der Waals surface area contributed by atoms with E-state index in [-0.39, 0.29) is 5.78 Å². The second-order valence-corrected chi connectivity index (χ2v) is 4.48. The Morgan fingerprint density at radius 1 is 1.12 bits per heavy atom. The van der Waals surface area contributed by atoms with Gasteiger partial charge in [0, 0.05) is 12.0 Å². The summed E-state index contributed by atoms with van der Waals surface area (Å²) < 4.78 is 0. The van der Waals surface area contributed by atoms with Gasteiger partial charge in [-0.25, -0.2) is 0 Å². The van der Waals surface area contributed by atoms with Crippen molar-refractivity contribution in [2.45, 2.75) is 13.3 Å². The number of ketones is 1. The predicted molar refractivity (Wildman–Crippen MR) is 70.7 cm³/mol. The molecule has 0 unspecified atom stereocenters. The first kappa shape index (κ1) is 11.9. The van der Waals surface area contributed by atoms with Gasteiger partial charge in [0.05, 0.1) is 5.02 Å². The Balaban J connectivity index is 2.23. The van der Waals surface area contributed by atoms with Crippen molar-refractivity contribution in [3.63, 3.8) is 0 Å². The fourth-order valence-electron chi connectivity index (χ4n) is 1.73. The van der Waals surface area contributed by atoms with E-state index in [2.05, 4.69) is 0 Å². The lowest BCUT2D eigenvalue weighted by atomic mass is 10.0. The minimum atomic E-state index is 0.0601. The van der Waals surface area contributed by atoms with Gasteiger partial charge in [-0.2, -0.15) is 0 Å². The van der Waals surface area contributed by atoms with Gasteiger partial charge in [-0.05, 0) is 24.6 Å². The first-order valence-corrected chi connectivity index (χ1v) is 5.88. The van der Waals surface area contributed by atoms with Crippen molar-refractivity contribution in [3.8, 4) is 0 Å². The zero-order chi connectivity index (χ0) is 12.3. The van der Waals surface area contributed by atoms with E-state index in [4.69, 9.17) is 11.6 Å². The van der Waals surface area contributed by atoms with Crippen LogP contribution in [-0.2, 0) is 6.42 Å². The summed E-state index contributed by atoms with van der Waals surface area (Å²) in [7, 11) is 0. The lowest BCUT2D eigenvalue weighted by Crippen LogP contribution is -2.04. The average Bonchev–Trinajstić information content (AvgIpc) is 2.33. The highest BCUT2D eigenvalue weighted by atomic mass is 35.5. The van der Waals surface area contributed by atoms with Gasteiger partial charge in [0.2, 0.25) is 0 Å². The van der Waals surface area contributed by atoms with Crippen molar-refractivity contribution in [1.82, 2.24) is 0 Å². The Hall–Kier alpha value is -1.60. The van der Waals surface area contributed by atoms with Crippen LogP contribution >= 0.6 is 11.6 Å². The zero-order valence-electron chi connectivity index (χ0n) is 9.61. The molecule has 0 aliphatic heterocycles. The molecule has 0 fully saturated rings. The first-order chi connectivity index (χ1) is 8.16. The van der Waals surface area contributed by atoms with Crippen molar-refractivity contribution < 1.29 is 4.79 Å². The first-order valence-electron chi connectivity index (χ1n) is 5.50. The van der Waals surface area contributed by atoms with Gasteiger partial charge in [0.25, 0.3) is 0 Å². The number of Topliss-reactive ketones (excluding diaryl/α,β-unsaturated/α-hetero) is 1. The fourth-order valence-corrected chi connectivity index (χ4v) is 1.95. The Morgan fingerprint density at radius 3 is 2.53 bits per heavy atom. The Labute approximate surface area is 106 Å². The van der Waals surface area contributed by atoms with Crippen molar-refractivity contribution >= 4 is 17.4 Å². The zero-order valence-corrected chi connectivity index (χ0v) is 10.4. The molecule has 0 saturated carbocycles. The van der Waals surface area contributed by atoms with E-state index in [1.54, 1.807) is 6.07 Å². The quantitative estimate of drug-likeness (QED) is 0.744. The van der Waals surface area contributed by atoms with Gasteiger partial charge >= 0.3 is 0 Å². The smallest absolute Gasteiger partial charge is 0.168 e. The third-order valence-corrected chi connectivity index (χ3v) is 2.96. The summed E-state index contributed by atoms with van der Waals surface area (Å²) in [6.07, 6.45) is 0.393. The van der Waals surface area contributed by atoms with Crippen LogP contribution in [0, 0.1) is 6.92 Å². The Morgan fingerprint density at radius 2 is 1.82 bits per heavy atom. The molecule has 86 valence electrons.